The number of rotatable bonds is 5. The average molecular weight is 420 g/mol. The molecule has 0 aromatic heterocycles. The van der Waals surface area contributed by atoms with Crippen LogP contribution in [0.15, 0.2) is 42.5 Å². The van der Waals surface area contributed by atoms with Gasteiger partial charge in [0.25, 0.3) is 0 Å². The van der Waals surface area contributed by atoms with E-state index in [1.807, 2.05) is 32.0 Å². The minimum Gasteiger partial charge on any atom is -0.368 e. The summed E-state index contributed by atoms with van der Waals surface area (Å²) >= 11 is 0. The van der Waals surface area contributed by atoms with Crippen LogP contribution in [-0.4, -0.2) is 58.2 Å². The fourth-order valence-electron chi connectivity index (χ4n) is 3.65. The summed E-state index contributed by atoms with van der Waals surface area (Å²) in [5.74, 6) is -0.508. The highest BCUT2D eigenvalue weighted by atomic mass is 32.2. The first-order chi connectivity index (χ1) is 13.7. The van der Waals surface area contributed by atoms with Gasteiger partial charge in [-0.1, -0.05) is 18.2 Å². The molecule has 8 heteroatoms. The smallest absolute Gasteiger partial charge is 0.243 e. The van der Waals surface area contributed by atoms with Crippen molar-refractivity contribution in [2.45, 2.75) is 13.8 Å². The molecule has 0 unspecified atom stereocenters. The van der Waals surface area contributed by atoms with Crippen LogP contribution in [0.3, 0.4) is 0 Å². The van der Waals surface area contributed by atoms with E-state index < -0.39 is 10.0 Å². The number of nitrogens with zero attached hydrogens (tertiary/aromatic N) is 3. The molecule has 1 amide bonds. The molecular weight excluding hydrogens is 393 g/mol. The molecule has 6 nitrogen and oxygen atoms in total. The normalized spacial score (nSPS) is 14.8. The fraction of sp³-hybridized carbons (Fsp3) is 0.381. The van der Waals surface area contributed by atoms with E-state index in [9.17, 15) is 17.6 Å². The van der Waals surface area contributed by atoms with Crippen molar-refractivity contribution in [3.63, 3.8) is 0 Å². The van der Waals surface area contributed by atoms with Crippen LogP contribution >= 0.6 is 0 Å². The summed E-state index contributed by atoms with van der Waals surface area (Å²) in [5.41, 5.74) is 3.09. The third-order valence-electron chi connectivity index (χ3n) is 5.19. The molecule has 2 aromatic rings. The van der Waals surface area contributed by atoms with Crippen molar-refractivity contribution < 1.29 is 17.6 Å². The van der Waals surface area contributed by atoms with Gasteiger partial charge in [-0.05, 0) is 49.2 Å². The second-order valence-electron chi connectivity index (χ2n) is 7.35. The standard InChI is InChI=1S/C21H26FN3O3S/c1-16-5-4-6-17(2)21(16)25(29(3,27)28)15-20(26)24-13-11-23(12-14-24)19-9-7-18(22)8-10-19/h4-10H,11-15H2,1-3H3. The number of piperazine rings is 1. The maximum atomic E-state index is 13.1. The van der Waals surface area contributed by atoms with Crippen molar-refractivity contribution in [1.82, 2.24) is 4.90 Å². The Balaban J connectivity index is 1.71. The Morgan fingerprint density at radius 2 is 1.55 bits per heavy atom. The first-order valence-electron chi connectivity index (χ1n) is 9.49. The predicted molar refractivity (Wildman–Crippen MR) is 113 cm³/mol. The van der Waals surface area contributed by atoms with Crippen molar-refractivity contribution in [2.24, 2.45) is 0 Å². The van der Waals surface area contributed by atoms with Gasteiger partial charge in [0, 0.05) is 31.9 Å². The molecule has 0 N–H and O–H groups in total. The predicted octanol–water partition coefficient (Wildman–Crippen LogP) is 2.56. The third-order valence-corrected chi connectivity index (χ3v) is 6.30. The SMILES string of the molecule is Cc1cccc(C)c1N(CC(=O)N1CCN(c2ccc(F)cc2)CC1)S(C)(=O)=O. The van der Waals surface area contributed by atoms with Crippen LogP contribution in [0.2, 0.25) is 0 Å². The lowest BCUT2D eigenvalue weighted by atomic mass is 10.1. The van der Waals surface area contributed by atoms with E-state index in [4.69, 9.17) is 0 Å². The molecule has 1 fully saturated rings. The largest absolute Gasteiger partial charge is 0.368 e. The van der Waals surface area contributed by atoms with Gasteiger partial charge < -0.3 is 9.80 Å². The molecule has 1 heterocycles. The maximum Gasteiger partial charge on any atom is 0.243 e. The van der Waals surface area contributed by atoms with Gasteiger partial charge in [-0.3, -0.25) is 9.10 Å². The molecule has 1 aliphatic rings. The number of aryl methyl sites for hydroxylation is 2. The number of carbonyl (C=O) groups excluding carboxylic acids is 1. The van der Waals surface area contributed by atoms with Crippen molar-refractivity contribution >= 4 is 27.3 Å². The summed E-state index contributed by atoms with van der Waals surface area (Å²) in [6, 6.07) is 11.8. The number of halogens is 1. The van der Waals surface area contributed by atoms with Gasteiger partial charge >= 0.3 is 0 Å². The Morgan fingerprint density at radius 1 is 1.00 bits per heavy atom. The fourth-order valence-corrected chi connectivity index (χ4v) is 4.61. The van der Waals surface area contributed by atoms with Crippen LogP contribution in [0.25, 0.3) is 0 Å². The van der Waals surface area contributed by atoms with Gasteiger partial charge in [0.1, 0.15) is 12.4 Å². The molecule has 0 bridgehead atoms. The zero-order chi connectivity index (χ0) is 21.2. The first kappa shape index (κ1) is 21.1. The number of amides is 1. The van der Waals surface area contributed by atoms with Crippen molar-refractivity contribution in [1.29, 1.82) is 0 Å². The van der Waals surface area contributed by atoms with Gasteiger partial charge in [-0.15, -0.1) is 0 Å². The molecular formula is C21H26FN3O3S. The summed E-state index contributed by atoms with van der Waals surface area (Å²) < 4.78 is 39.2. The second kappa shape index (κ2) is 8.41. The number of carbonyl (C=O) groups is 1. The van der Waals surface area contributed by atoms with Crippen LogP contribution in [0.4, 0.5) is 15.8 Å². The number of sulfonamides is 1. The monoisotopic (exact) mass is 419 g/mol. The van der Waals surface area contributed by atoms with Crippen LogP contribution in [0, 0.1) is 19.7 Å². The quantitative estimate of drug-likeness (QED) is 0.747. The zero-order valence-corrected chi connectivity index (χ0v) is 17.7. The van der Waals surface area contributed by atoms with Crippen molar-refractivity contribution in [2.75, 3.05) is 48.2 Å². The summed E-state index contributed by atoms with van der Waals surface area (Å²) in [6.45, 7) is 5.65. The molecule has 0 spiro atoms. The number of anilines is 2. The molecule has 156 valence electrons. The van der Waals surface area contributed by atoms with Crippen molar-refractivity contribution in [3.8, 4) is 0 Å². The molecule has 1 aliphatic heterocycles. The number of hydrogen-bond donors (Lipinski definition) is 0. The van der Waals surface area contributed by atoms with E-state index in [0.29, 0.717) is 31.9 Å². The van der Waals surface area contributed by atoms with Crippen molar-refractivity contribution in [3.05, 3.63) is 59.4 Å². The second-order valence-corrected chi connectivity index (χ2v) is 9.26. The van der Waals surface area contributed by atoms with E-state index >= 15 is 0 Å². The topological polar surface area (TPSA) is 60.9 Å². The minimum absolute atomic E-state index is 0.221. The Kier molecular flexibility index (Phi) is 6.12. The van der Waals surface area contributed by atoms with Crippen LogP contribution in [-0.2, 0) is 14.8 Å². The highest BCUT2D eigenvalue weighted by Crippen LogP contribution is 2.27. The van der Waals surface area contributed by atoms with E-state index in [2.05, 4.69) is 4.90 Å². The Bertz CT molecular complexity index is 964. The van der Waals surface area contributed by atoms with E-state index in [0.717, 1.165) is 23.1 Å². The number of para-hydroxylation sites is 1. The summed E-state index contributed by atoms with van der Waals surface area (Å²) in [7, 11) is -3.61. The summed E-state index contributed by atoms with van der Waals surface area (Å²) in [6.07, 6.45) is 1.12. The van der Waals surface area contributed by atoms with Crippen LogP contribution in [0.1, 0.15) is 11.1 Å². The average Bonchev–Trinajstić information content (AvgIpc) is 2.67. The molecule has 0 radical (unpaired) electrons. The molecule has 29 heavy (non-hydrogen) atoms. The highest BCUT2D eigenvalue weighted by Gasteiger charge is 2.28. The van der Waals surface area contributed by atoms with Gasteiger partial charge in [0.05, 0.1) is 11.9 Å². The zero-order valence-electron chi connectivity index (χ0n) is 16.9. The van der Waals surface area contributed by atoms with Gasteiger partial charge in [0.15, 0.2) is 0 Å². The van der Waals surface area contributed by atoms with Gasteiger partial charge in [0.2, 0.25) is 15.9 Å². The first-order valence-corrected chi connectivity index (χ1v) is 11.3. The Hall–Kier alpha value is -2.61. The number of benzene rings is 2. The summed E-state index contributed by atoms with van der Waals surface area (Å²) in [5, 5.41) is 0. The summed E-state index contributed by atoms with van der Waals surface area (Å²) in [4.78, 5) is 16.7. The lowest BCUT2D eigenvalue weighted by Gasteiger charge is -2.37. The van der Waals surface area contributed by atoms with Gasteiger partial charge in [-0.2, -0.15) is 0 Å². The van der Waals surface area contributed by atoms with Crippen LogP contribution < -0.4 is 9.21 Å². The molecule has 1 saturated heterocycles. The number of hydrogen-bond acceptors (Lipinski definition) is 4. The highest BCUT2D eigenvalue weighted by molar-refractivity contribution is 7.92. The molecule has 0 atom stereocenters. The lowest BCUT2D eigenvalue weighted by Crippen LogP contribution is -2.52. The molecule has 3 rings (SSSR count). The molecule has 0 saturated carbocycles. The lowest BCUT2D eigenvalue weighted by molar-refractivity contribution is -0.129. The van der Waals surface area contributed by atoms with Gasteiger partial charge in [-0.25, -0.2) is 12.8 Å². The Morgan fingerprint density at radius 3 is 2.07 bits per heavy atom. The van der Waals surface area contributed by atoms with E-state index in [-0.39, 0.29) is 18.3 Å². The Labute approximate surface area is 171 Å². The minimum atomic E-state index is -3.61. The van der Waals surface area contributed by atoms with Crippen LogP contribution in [0.5, 0.6) is 0 Å². The molecule has 2 aromatic carbocycles. The molecule has 0 aliphatic carbocycles. The van der Waals surface area contributed by atoms with E-state index in [1.165, 1.54) is 16.4 Å². The van der Waals surface area contributed by atoms with E-state index in [1.54, 1.807) is 17.0 Å². The maximum absolute atomic E-state index is 13.1. The third kappa shape index (κ3) is 4.87.